The molecule has 1 aromatic heterocycles. The van der Waals surface area contributed by atoms with Crippen molar-refractivity contribution in [1.29, 1.82) is 0 Å². The van der Waals surface area contributed by atoms with Crippen molar-refractivity contribution in [2.24, 2.45) is 5.92 Å². The van der Waals surface area contributed by atoms with Crippen LogP contribution in [0.15, 0.2) is 18.5 Å². The molecular formula is C13H18N4O3. The van der Waals surface area contributed by atoms with Crippen molar-refractivity contribution in [2.75, 3.05) is 18.4 Å². The summed E-state index contributed by atoms with van der Waals surface area (Å²) in [7, 11) is 0. The van der Waals surface area contributed by atoms with Crippen LogP contribution in [0.3, 0.4) is 0 Å². The summed E-state index contributed by atoms with van der Waals surface area (Å²) in [5.74, 6) is -0.894. The number of amides is 1. The lowest BCUT2D eigenvalue weighted by Gasteiger charge is -2.36. The molecule has 0 spiro atoms. The van der Waals surface area contributed by atoms with E-state index >= 15 is 0 Å². The molecule has 2 heterocycles. The van der Waals surface area contributed by atoms with E-state index in [2.05, 4.69) is 15.3 Å². The highest BCUT2D eigenvalue weighted by Crippen LogP contribution is 2.23. The molecule has 108 valence electrons. The summed E-state index contributed by atoms with van der Waals surface area (Å²) in [6.45, 7) is 2.56. The van der Waals surface area contributed by atoms with Crippen LogP contribution in [0, 0.1) is 5.92 Å². The van der Waals surface area contributed by atoms with Gasteiger partial charge in [-0.2, -0.15) is 0 Å². The van der Waals surface area contributed by atoms with Crippen molar-refractivity contribution in [3.63, 3.8) is 0 Å². The van der Waals surface area contributed by atoms with Crippen molar-refractivity contribution >= 4 is 17.8 Å². The lowest BCUT2D eigenvalue weighted by molar-refractivity contribution is -0.147. The molecule has 0 saturated carbocycles. The molecule has 2 atom stereocenters. The number of rotatable bonds is 4. The Morgan fingerprint density at radius 1 is 1.45 bits per heavy atom. The summed E-state index contributed by atoms with van der Waals surface area (Å²) in [5.41, 5.74) is 0. The Hall–Kier alpha value is -2.02. The normalized spacial score (nSPS) is 23.2. The first-order chi connectivity index (χ1) is 9.58. The van der Waals surface area contributed by atoms with Gasteiger partial charge in [0, 0.05) is 12.4 Å². The van der Waals surface area contributed by atoms with Crippen LogP contribution in [0.1, 0.15) is 19.8 Å². The fourth-order valence-electron chi connectivity index (χ4n) is 2.56. The van der Waals surface area contributed by atoms with E-state index in [0.29, 0.717) is 6.54 Å². The van der Waals surface area contributed by atoms with E-state index in [1.54, 1.807) is 11.0 Å². The zero-order chi connectivity index (χ0) is 14.5. The summed E-state index contributed by atoms with van der Waals surface area (Å²) >= 11 is 0. The number of carbonyl (C=O) groups excluding carboxylic acids is 1. The molecule has 7 nitrogen and oxygen atoms in total. The summed E-state index contributed by atoms with van der Waals surface area (Å²) < 4.78 is 0. The maximum atomic E-state index is 11.9. The largest absolute Gasteiger partial charge is 0.480 e. The van der Waals surface area contributed by atoms with Crippen LogP contribution >= 0.6 is 0 Å². The second-order valence-corrected chi connectivity index (χ2v) is 4.99. The number of piperidine rings is 1. The van der Waals surface area contributed by atoms with Gasteiger partial charge in [-0.05, 0) is 31.4 Å². The van der Waals surface area contributed by atoms with Crippen LogP contribution in [-0.4, -0.2) is 51.0 Å². The van der Waals surface area contributed by atoms with Gasteiger partial charge < -0.3 is 5.11 Å². The van der Waals surface area contributed by atoms with Crippen molar-refractivity contribution in [3.8, 4) is 0 Å². The molecular weight excluding hydrogens is 260 g/mol. The molecule has 1 fully saturated rings. The zero-order valence-electron chi connectivity index (χ0n) is 11.3. The highest BCUT2D eigenvalue weighted by molar-refractivity contribution is 5.91. The number of nitrogens with one attached hydrogen (secondary N) is 1. The van der Waals surface area contributed by atoms with E-state index in [4.69, 9.17) is 0 Å². The second kappa shape index (κ2) is 6.42. The van der Waals surface area contributed by atoms with Gasteiger partial charge in [0.1, 0.15) is 6.04 Å². The zero-order valence-corrected chi connectivity index (χ0v) is 11.3. The smallest absolute Gasteiger partial charge is 0.321 e. The predicted molar refractivity (Wildman–Crippen MR) is 72.1 cm³/mol. The maximum absolute atomic E-state index is 11.9. The van der Waals surface area contributed by atoms with Crippen LogP contribution in [0.5, 0.6) is 0 Å². The molecule has 0 aliphatic carbocycles. The van der Waals surface area contributed by atoms with Gasteiger partial charge in [0.25, 0.3) is 0 Å². The number of aromatic nitrogens is 2. The van der Waals surface area contributed by atoms with Crippen LogP contribution in [0.4, 0.5) is 5.95 Å². The minimum Gasteiger partial charge on any atom is -0.480 e. The maximum Gasteiger partial charge on any atom is 0.321 e. The second-order valence-electron chi connectivity index (χ2n) is 4.99. The van der Waals surface area contributed by atoms with Crippen LogP contribution < -0.4 is 5.32 Å². The van der Waals surface area contributed by atoms with Crippen molar-refractivity contribution in [3.05, 3.63) is 18.5 Å². The number of likely N-dealkylation sites (tertiary alicyclic amines) is 1. The Morgan fingerprint density at radius 3 is 2.80 bits per heavy atom. The van der Waals surface area contributed by atoms with Gasteiger partial charge >= 0.3 is 5.97 Å². The molecule has 20 heavy (non-hydrogen) atoms. The van der Waals surface area contributed by atoms with Gasteiger partial charge in [0.15, 0.2) is 0 Å². The first-order valence-electron chi connectivity index (χ1n) is 6.61. The van der Waals surface area contributed by atoms with Crippen LogP contribution in [-0.2, 0) is 9.59 Å². The number of carbonyl (C=O) groups is 2. The minimum absolute atomic E-state index is 0.0412. The van der Waals surface area contributed by atoms with Gasteiger partial charge in [-0.25, -0.2) is 9.97 Å². The number of anilines is 1. The topological polar surface area (TPSA) is 95.4 Å². The Kier molecular flexibility index (Phi) is 4.62. The summed E-state index contributed by atoms with van der Waals surface area (Å²) in [6, 6.07) is 1.05. The lowest BCUT2D eigenvalue weighted by Crippen LogP contribution is -2.51. The first-order valence-corrected chi connectivity index (χ1v) is 6.61. The number of hydrogen-bond donors (Lipinski definition) is 2. The minimum atomic E-state index is -0.874. The Morgan fingerprint density at radius 2 is 2.15 bits per heavy atom. The highest BCUT2D eigenvalue weighted by atomic mass is 16.4. The molecule has 0 aromatic carbocycles. The number of carboxylic acid groups (broad SMARTS) is 1. The molecule has 7 heteroatoms. The van der Waals surface area contributed by atoms with Crippen molar-refractivity contribution < 1.29 is 14.7 Å². The summed E-state index contributed by atoms with van der Waals surface area (Å²) in [5, 5.41) is 11.9. The van der Waals surface area contributed by atoms with Gasteiger partial charge in [-0.15, -0.1) is 0 Å². The number of hydrogen-bond acceptors (Lipinski definition) is 5. The van der Waals surface area contributed by atoms with Crippen molar-refractivity contribution in [1.82, 2.24) is 14.9 Å². The monoisotopic (exact) mass is 278 g/mol. The van der Waals surface area contributed by atoms with E-state index in [-0.39, 0.29) is 24.3 Å². The summed E-state index contributed by atoms with van der Waals surface area (Å²) in [6.07, 6.45) is 4.84. The number of nitrogens with zero attached hydrogens (tertiary/aromatic N) is 3. The fraction of sp³-hybridized carbons (Fsp3) is 0.538. The van der Waals surface area contributed by atoms with E-state index in [0.717, 1.165) is 12.8 Å². The summed E-state index contributed by atoms with van der Waals surface area (Å²) in [4.78, 5) is 32.8. The van der Waals surface area contributed by atoms with Gasteiger partial charge in [0.2, 0.25) is 11.9 Å². The fourth-order valence-corrected chi connectivity index (χ4v) is 2.56. The highest BCUT2D eigenvalue weighted by Gasteiger charge is 2.35. The molecule has 1 aliphatic rings. The lowest BCUT2D eigenvalue weighted by atomic mass is 9.91. The van der Waals surface area contributed by atoms with Crippen molar-refractivity contribution in [2.45, 2.75) is 25.8 Å². The van der Waals surface area contributed by atoms with Gasteiger partial charge in [-0.3, -0.25) is 19.8 Å². The van der Waals surface area contributed by atoms with Gasteiger partial charge in [0.05, 0.1) is 6.54 Å². The molecule has 0 bridgehead atoms. The molecule has 2 unspecified atom stereocenters. The average molecular weight is 278 g/mol. The molecule has 1 aromatic rings. The molecule has 2 N–H and O–H groups in total. The standard InChI is InChI=1S/C13H18N4O3/c1-9-4-2-7-17(11(9)12(19)20)8-10(18)16-13-14-5-3-6-15-13/h3,5-6,9,11H,2,4,7-8H2,1H3,(H,19,20)(H,14,15,16,18). The third-order valence-corrected chi connectivity index (χ3v) is 3.45. The first kappa shape index (κ1) is 14.4. The Balaban J connectivity index is 1.97. The van der Waals surface area contributed by atoms with Crippen LogP contribution in [0.25, 0.3) is 0 Å². The predicted octanol–water partition coefficient (Wildman–Crippen LogP) is 0.600. The number of carboxylic acids is 1. The van der Waals surface area contributed by atoms with E-state index in [1.165, 1.54) is 12.4 Å². The number of aliphatic carboxylic acids is 1. The molecule has 1 saturated heterocycles. The van der Waals surface area contributed by atoms with E-state index < -0.39 is 12.0 Å². The molecule has 1 aliphatic heterocycles. The van der Waals surface area contributed by atoms with Gasteiger partial charge in [-0.1, -0.05) is 6.92 Å². The Bertz CT molecular complexity index is 480. The SMILES string of the molecule is CC1CCCN(CC(=O)Nc2ncccn2)C1C(=O)O. The quantitative estimate of drug-likeness (QED) is 0.837. The molecule has 2 rings (SSSR count). The Labute approximate surface area is 117 Å². The van der Waals surface area contributed by atoms with Crippen LogP contribution in [0.2, 0.25) is 0 Å². The molecule has 0 radical (unpaired) electrons. The van der Waals surface area contributed by atoms with E-state index in [1.807, 2.05) is 6.92 Å². The third kappa shape index (κ3) is 3.51. The average Bonchev–Trinajstić information content (AvgIpc) is 2.39. The molecule has 1 amide bonds. The van der Waals surface area contributed by atoms with E-state index in [9.17, 15) is 14.7 Å². The third-order valence-electron chi connectivity index (χ3n) is 3.45.